The number of nitrogens with zero attached hydrogens (tertiary/aromatic N) is 1. The van der Waals surface area contributed by atoms with Gasteiger partial charge in [0.15, 0.2) is 0 Å². The first-order chi connectivity index (χ1) is 13.0. The van der Waals surface area contributed by atoms with E-state index in [2.05, 4.69) is 20.8 Å². The van der Waals surface area contributed by atoms with Crippen molar-refractivity contribution in [2.45, 2.75) is 155 Å². The smallest absolute Gasteiger partial charge is 0.120 e. The summed E-state index contributed by atoms with van der Waals surface area (Å²) in [6, 6.07) is 0. The van der Waals surface area contributed by atoms with Gasteiger partial charge in [0.25, 0.3) is 0 Å². The van der Waals surface area contributed by atoms with Gasteiger partial charge >= 0.3 is 0 Å². The third-order valence-corrected chi connectivity index (χ3v) is 5.96. The van der Waals surface area contributed by atoms with Crippen LogP contribution in [0.25, 0.3) is 0 Å². The second kappa shape index (κ2) is 14.0. The molecule has 3 atom stereocenters. The zero-order valence-corrected chi connectivity index (χ0v) is 19.9. The summed E-state index contributed by atoms with van der Waals surface area (Å²) in [5.41, 5.74) is -3.72. The van der Waals surface area contributed by atoms with Gasteiger partial charge < -0.3 is 15.3 Å². The van der Waals surface area contributed by atoms with E-state index in [-0.39, 0.29) is 0 Å². The molecule has 0 rings (SSSR count). The average Bonchev–Trinajstić information content (AvgIpc) is 2.58. The highest BCUT2D eigenvalue weighted by Gasteiger charge is 2.49. The molecule has 0 saturated heterocycles. The van der Waals surface area contributed by atoms with Gasteiger partial charge in [0, 0.05) is 0 Å². The van der Waals surface area contributed by atoms with Gasteiger partial charge in [0.2, 0.25) is 0 Å². The molecule has 0 fully saturated rings. The van der Waals surface area contributed by atoms with E-state index < -0.39 is 17.2 Å². The van der Waals surface area contributed by atoms with Crippen molar-refractivity contribution in [1.82, 2.24) is 4.90 Å². The summed E-state index contributed by atoms with van der Waals surface area (Å²) in [6.45, 7) is 11.8. The summed E-state index contributed by atoms with van der Waals surface area (Å²) in [4.78, 5) is 1.62. The van der Waals surface area contributed by atoms with Gasteiger partial charge in [0.05, 0.1) is 0 Å². The van der Waals surface area contributed by atoms with Crippen molar-refractivity contribution < 1.29 is 15.3 Å². The second-order valence-corrected chi connectivity index (χ2v) is 9.42. The molecule has 0 aromatic rings. The van der Waals surface area contributed by atoms with Crippen molar-refractivity contribution >= 4 is 0 Å². The molecule has 3 unspecified atom stereocenters. The molecule has 3 N–H and O–H groups in total. The van der Waals surface area contributed by atoms with Crippen molar-refractivity contribution in [3.05, 3.63) is 0 Å². The molecule has 0 amide bonds. The normalized spacial score (nSPS) is 18.6. The fraction of sp³-hybridized carbons (Fsp3) is 1.00. The molecule has 0 heterocycles. The highest BCUT2D eigenvalue weighted by molar-refractivity contribution is 4.92. The van der Waals surface area contributed by atoms with E-state index in [0.29, 0.717) is 19.3 Å². The van der Waals surface area contributed by atoms with Gasteiger partial charge in [-0.3, -0.25) is 0 Å². The van der Waals surface area contributed by atoms with E-state index in [9.17, 15) is 15.3 Å². The second-order valence-electron chi connectivity index (χ2n) is 9.42. The van der Waals surface area contributed by atoms with E-state index in [4.69, 9.17) is 0 Å². The van der Waals surface area contributed by atoms with Crippen molar-refractivity contribution in [3.8, 4) is 0 Å². The van der Waals surface area contributed by atoms with Crippen LogP contribution in [-0.4, -0.2) is 37.4 Å². The van der Waals surface area contributed by atoms with Crippen LogP contribution in [0.2, 0.25) is 0 Å². The predicted molar refractivity (Wildman–Crippen MR) is 120 cm³/mol. The number of aliphatic hydroxyl groups is 3. The van der Waals surface area contributed by atoms with Crippen LogP contribution in [0.3, 0.4) is 0 Å². The minimum atomic E-state index is -1.24. The van der Waals surface area contributed by atoms with Crippen LogP contribution >= 0.6 is 0 Å². The Morgan fingerprint density at radius 2 is 0.714 bits per heavy atom. The lowest BCUT2D eigenvalue weighted by molar-refractivity contribution is -0.311. The highest BCUT2D eigenvalue weighted by Crippen LogP contribution is 2.38. The summed E-state index contributed by atoms with van der Waals surface area (Å²) in [6.07, 6.45) is 14.5. The maximum Gasteiger partial charge on any atom is 0.120 e. The van der Waals surface area contributed by atoms with Gasteiger partial charge in [0.1, 0.15) is 17.2 Å². The molecule has 0 aromatic carbocycles. The molecule has 0 radical (unpaired) electrons. The summed E-state index contributed by atoms with van der Waals surface area (Å²) in [7, 11) is 0. The van der Waals surface area contributed by atoms with Crippen molar-refractivity contribution in [1.29, 1.82) is 0 Å². The standard InChI is InChI=1S/C24H51NO3/c1-7-10-13-16-19-22(4,26)25(23(5,27)20-17-14-11-8-2)24(6,28)21-18-15-12-9-3/h26-28H,7-21H2,1-6H3. The molecule has 28 heavy (non-hydrogen) atoms. The summed E-state index contributed by atoms with van der Waals surface area (Å²) in [5, 5.41) is 34.1. The van der Waals surface area contributed by atoms with Crippen LogP contribution in [0.4, 0.5) is 0 Å². The number of unbranched alkanes of at least 4 members (excludes halogenated alkanes) is 9. The Kier molecular flexibility index (Phi) is 13.9. The van der Waals surface area contributed by atoms with Crippen LogP contribution < -0.4 is 0 Å². The minimum Gasteiger partial charge on any atom is -0.376 e. The molecule has 0 bridgehead atoms. The third-order valence-electron chi connectivity index (χ3n) is 5.96. The van der Waals surface area contributed by atoms with E-state index >= 15 is 0 Å². The monoisotopic (exact) mass is 401 g/mol. The minimum absolute atomic E-state index is 0.559. The molecule has 0 aliphatic rings. The van der Waals surface area contributed by atoms with Gasteiger partial charge in [-0.05, 0) is 59.3 Å². The number of hydrogen-bond acceptors (Lipinski definition) is 4. The van der Waals surface area contributed by atoms with Crippen molar-refractivity contribution in [3.63, 3.8) is 0 Å². The first-order valence-electron chi connectivity index (χ1n) is 12.0. The lowest BCUT2D eigenvalue weighted by Gasteiger charge is -2.53. The Balaban J connectivity index is 5.31. The van der Waals surface area contributed by atoms with Crippen LogP contribution in [0.5, 0.6) is 0 Å². The fourth-order valence-corrected chi connectivity index (χ4v) is 4.55. The zero-order valence-electron chi connectivity index (χ0n) is 19.9. The topological polar surface area (TPSA) is 63.9 Å². The van der Waals surface area contributed by atoms with Crippen molar-refractivity contribution in [2.75, 3.05) is 0 Å². The number of hydrogen-bond donors (Lipinski definition) is 3. The Bertz CT molecular complexity index is 323. The molecular weight excluding hydrogens is 350 g/mol. The van der Waals surface area contributed by atoms with E-state index in [1.54, 1.807) is 25.7 Å². The van der Waals surface area contributed by atoms with Crippen LogP contribution in [0.15, 0.2) is 0 Å². The van der Waals surface area contributed by atoms with Gasteiger partial charge in [-0.2, -0.15) is 0 Å². The quantitative estimate of drug-likeness (QED) is 0.186. The first-order valence-corrected chi connectivity index (χ1v) is 12.0. The summed E-state index contributed by atoms with van der Waals surface area (Å²) < 4.78 is 0. The molecule has 0 saturated carbocycles. The molecule has 0 spiro atoms. The van der Waals surface area contributed by atoms with Crippen molar-refractivity contribution in [2.24, 2.45) is 0 Å². The molecule has 4 heteroatoms. The van der Waals surface area contributed by atoms with Crippen LogP contribution in [-0.2, 0) is 0 Å². The van der Waals surface area contributed by atoms with Gasteiger partial charge in [-0.15, -0.1) is 0 Å². The molecular formula is C24H51NO3. The fourth-order valence-electron chi connectivity index (χ4n) is 4.55. The highest BCUT2D eigenvalue weighted by atomic mass is 16.4. The lowest BCUT2D eigenvalue weighted by atomic mass is 9.91. The third kappa shape index (κ3) is 10.6. The van der Waals surface area contributed by atoms with Gasteiger partial charge in [-0.1, -0.05) is 78.6 Å². The van der Waals surface area contributed by atoms with E-state index in [1.165, 1.54) is 0 Å². The van der Waals surface area contributed by atoms with E-state index in [1.807, 2.05) is 0 Å². The Morgan fingerprint density at radius 3 is 0.929 bits per heavy atom. The van der Waals surface area contributed by atoms with Crippen LogP contribution in [0, 0.1) is 0 Å². The Morgan fingerprint density at radius 1 is 0.464 bits per heavy atom. The molecule has 0 aliphatic heterocycles. The Labute approximate surface area is 175 Å². The van der Waals surface area contributed by atoms with Crippen LogP contribution in [0.1, 0.15) is 138 Å². The maximum absolute atomic E-state index is 11.4. The Hall–Kier alpha value is -0.160. The average molecular weight is 402 g/mol. The predicted octanol–water partition coefficient (Wildman–Crippen LogP) is 6.33. The summed E-state index contributed by atoms with van der Waals surface area (Å²) >= 11 is 0. The SMILES string of the molecule is CCCCCCC(C)(O)N(C(C)(O)CCCCCC)C(C)(O)CCCCCC. The zero-order chi connectivity index (χ0) is 21.7. The molecule has 0 aromatic heterocycles. The van der Waals surface area contributed by atoms with Gasteiger partial charge in [-0.25, -0.2) is 4.90 Å². The molecule has 170 valence electrons. The maximum atomic E-state index is 11.4. The lowest BCUT2D eigenvalue weighted by Crippen LogP contribution is -2.67. The first kappa shape index (κ1) is 27.8. The van der Waals surface area contributed by atoms with E-state index in [0.717, 1.165) is 77.0 Å². The molecule has 4 nitrogen and oxygen atoms in total. The molecule has 0 aliphatic carbocycles. The number of rotatable bonds is 18. The summed E-state index contributed by atoms with van der Waals surface area (Å²) in [5.74, 6) is 0. The largest absolute Gasteiger partial charge is 0.376 e.